The number of carbonyl (C=O) groups is 2. The SMILES string of the molecule is CCC1CCN(CC(=O)NCC#N)C(C(=O)O)C1. The van der Waals surface area contributed by atoms with Crippen LogP contribution in [0.25, 0.3) is 0 Å². The summed E-state index contributed by atoms with van der Waals surface area (Å²) >= 11 is 0. The van der Waals surface area contributed by atoms with E-state index in [1.54, 1.807) is 4.90 Å². The molecule has 1 aliphatic heterocycles. The summed E-state index contributed by atoms with van der Waals surface area (Å²) in [4.78, 5) is 24.4. The van der Waals surface area contributed by atoms with Crippen LogP contribution in [0.1, 0.15) is 26.2 Å². The molecule has 1 amide bonds. The Morgan fingerprint density at radius 2 is 2.28 bits per heavy atom. The zero-order valence-electron chi connectivity index (χ0n) is 10.6. The molecule has 6 heteroatoms. The van der Waals surface area contributed by atoms with Crippen LogP contribution in [-0.2, 0) is 9.59 Å². The lowest BCUT2D eigenvalue weighted by atomic mass is 9.89. The second kappa shape index (κ2) is 6.97. The Kier molecular flexibility index (Phi) is 5.59. The molecule has 1 fully saturated rings. The minimum absolute atomic E-state index is 0.0397. The van der Waals surface area contributed by atoms with Crippen molar-refractivity contribution < 1.29 is 14.7 Å². The monoisotopic (exact) mass is 253 g/mol. The summed E-state index contributed by atoms with van der Waals surface area (Å²) < 4.78 is 0. The number of carbonyl (C=O) groups excluding carboxylic acids is 1. The lowest BCUT2D eigenvalue weighted by Crippen LogP contribution is -2.50. The van der Waals surface area contributed by atoms with E-state index in [-0.39, 0.29) is 19.0 Å². The minimum atomic E-state index is -0.874. The highest BCUT2D eigenvalue weighted by molar-refractivity contribution is 5.80. The Labute approximate surface area is 107 Å². The number of nitrogens with zero attached hydrogens (tertiary/aromatic N) is 2. The quantitative estimate of drug-likeness (QED) is 0.683. The first-order chi connectivity index (χ1) is 8.58. The number of piperidine rings is 1. The molecule has 0 aromatic rings. The number of hydrogen-bond acceptors (Lipinski definition) is 4. The lowest BCUT2D eigenvalue weighted by molar-refractivity contribution is -0.146. The van der Waals surface area contributed by atoms with E-state index in [1.165, 1.54) is 0 Å². The van der Waals surface area contributed by atoms with Crippen LogP contribution >= 0.6 is 0 Å². The highest BCUT2D eigenvalue weighted by atomic mass is 16.4. The molecule has 18 heavy (non-hydrogen) atoms. The molecular formula is C12H19N3O3. The van der Waals surface area contributed by atoms with Crippen LogP contribution in [0.15, 0.2) is 0 Å². The largest absolute Gasteiger partial charge is 0.480 e. The number of carboxylic acids is 1. The molecule has 0 aromatic carbocycles. The number of nitrogens with one attached hydrogen (secondary N) is 1. The van der Waals surface area contributed by atoms with E-state index in [1.807, 2.05) is 6.07 Å². The zero-order valence-corrected chi connectivity index (χ0v) is 10.6. The van der Waals surface area contributed by atoms with Crippen molar-refractivity contribution in [2.24, 2.45) is 5.92 Å². The number of carboxylic acid groups (broad SMARTS) is 1. The van der Waals surface area contributed by atoms with Crippen LogP contribution in [-0.4, -0.2) is 47.6 Å². The third-order valence-electron chi connectivity index (χ3n) is 3.40. The van der Waals surface area contributed by atoms with Gasteiger partial charge in [0.1, 0.15) is 12.6 Å². The standard InChI is InChI=1S/C12H19N3O3/c1-2-9-3-6-15(10(7-9)12(17)18)8-11(16)14-5-4-13/h9-10H,2-3,5-8H2,1H3,(H,14,16)(H,17,18). The van der Waals surface area contributed by atoms with Crippen LogP contribution in [0.5, 0.6) is 0 Å². The summed E-state index contributed by atoms with van der Waals surface area (Å²) in [6, 6.07) is 1.23. The summed E-state index contributed by atoms with van der Waals surface area (Å²) in [5.41, 5.74) is 0. The minimum Gasteiger partial charge on any atom is -0.480 e. The molecular weight excluding hydrogens is 234 g/mol. The van der Waals surface area contributed by atoms with Gasteiger partial charge in [0.05, 0.1) is 12.6 Å². The number of rotatable bonds is 5. The molecule has 2 unspecified atom stereocenters. The molecule has 0 bridgehead atoms. The van der Waals surface area contributed by atoms with Crippen LogP contribution in [0.2, 0.25) is 0 Å². The van der Waals surface area contributed by atoms with Crippen molar-refractivity contribution in [3.8, 4) is 6.07 Å². The average molecular weight is 253 g/mol. The van der Waals surface area contributed by atoms with E-state index in [0.29, 0.717) is 18.9 Å². The van der Waals surface area contributed by atoms with Crippen molar-refractivity contribution in [2.75, 3.05) is 19.6 Å². The smallest absolute Gasteiger partial charge is 0.320 e. The van der Waals surface area contributed by atoms with Gasteiger partial charge in [-0.2, -0.15) is 5.26 Å². The van der Waals surface area contributed by atoms with E-state index >= 15 is 0 Å². The normalized spacial score (nSPS) is 24.2. The van der Waals surface area contributed by atoms with Gasteiger partial charge in [-0.3, -0.25) is 14.5 Å². The molecule has 1 heterocycles. The topological polar surface area (TPSA) is 93.4 Å². The van der Waals surface area contributed by atoms with Gasteiger partial charge in [-0.05, 0) is 25.3 Å². The number of likely N-dealkylation sites (tertiary alicyclic amines) is 1. The third kappa shape index (κ3) is 4.00. The summed E-state index contributed by atoms with van der Waals surface area (Å²) in [5.74, 6) is -0.747. The predicted octanol–water partition coefficient (Wildman–Crippen LogP) is 0.201. The van der Waals surface area contributed by atoms with Crippen LogP contribution in [0.4, 0.5) is 0 Å². The molecule has 0 saturated carbocycles. The van der Waals surface area contributed by atoms with Gasteiger partial charge in [-0.25, -0.2) is 0 Å². The Bertz CT molecular complexity index is 351. The van der Waals surface area contributed by atoms with Crippen LogP contribution in [0.3, 0.4) is 0 Å². The maximum absolute atomic E-state index is 11.5. The van der Waals surface area contributed by atoms with Gasteiger partial charge in [0, 0.05) is 0 Å². The summed E-state index contributed by atoms with van der Waals surface area (Å²) in [6.45, 7) is 2.69. The lowest BCUT2D eigenvalue weighted by Gasteiger charge is -2.36. The first kappa shape index (κ1) is 14.5. The van der Waals surface area contributed by atoms with Crippen molar-refractivity contribution >= 4 is 11.9 Å². The average Bonchev–Trinajstić information content (AvgIpc) is 2.36. The number of nitriles is 1. The molecule has 100 valence electrons. The van der Waals surface area contributed by atoms with Crippen molar-refractivity contribution in [1.82, 2.24) is 10.2 Å². The van der Waals surface area contributed by atoms with Crippen molar-refractivity contribution in [3.63, 3.8) is 0 Å². The second-order valence-electron chi connectivity index (χ2n) is 4.56. The second-order valence-corrected chi connectivity index (χ2v) is 4.56. The number of aliphatic carboxylic acids is 1. The molecule has 2 atom stereocenters. The maximum atomic E-state index is 11.5. The first-order valence-electron chi connectivity index (χ1n) is 6.19. The van der Waals surface area contributed by atoms with Crippen molar-refractivity contribution in [3.05, 3.63) is 0 Å². The fourth-order valence-electron chi connectivity index (χ4n) is 2.28. The molecule has 1 rings (SSSR count). The fourth-order valence-corrected chi connectivity index (χ4v) is 2.28. The molecule has 1 saturated heterocycles. The number of amides is 1. The van der Waals surface area contributed by atoms with Crippen molar-refractivity contribution in [2.45, 2.75) is 32.2 Å². The van der Waals surface area contributed by atoms with E-state index in [2.05, 4.69) is 12.2 Å². The molecule has 6 nitrogen and oxygen atoms in total. The summed E-state index contributed by atoms with van der Waals surface area (Å²) in [6.07, 6.45) is 2.49. The predicted molar refractivity (Wildman–Crippen MR) is 64.6 cm³/mol. The summed E-state index contributed by atoms with van der Waals surface area (Å²) in [7, 11) is 0. The molecule has 0 radical (unpaired) electrons. The van der Waals surface area contributed by atoms with E-state index in [4.69, 9.17) is 5.26 Å². The van der Waals surface area contributed by atoms with Crippen molar-refractivity contribution in [1.29, 1.82) is 5.26 Å². The number of hydrogen-bond donors (Lipinski definition) is 2. The van der Waals surface area contributed by atoms with Gasteiger partial charge < -0.3 is 10.4 Å². The molecule has 0 aliphatic carbocycles. The molecule has 0 aromatic heterocycles. The van der Waals surface area contributed by atoms with Gasteiger partial charge in [0.15, 0.2) is 0 Å². The van der Waals surface area contributed by atoms with Crippen LogP contribution < -0.4 is 5.32 Å². The molecule has 1 aliphatic rings. The van der Waals surface area contributed by atoms with E-state index < -0.39 is 12.0 Å². The molecule has 2 N–H and O–H groups in total. The van der Waals surface area contributed by atoms with Gasteiger partial charge in [-0.15, -0.1) is 0 Å². The van der Waals surface area contributed by atoms with E-state index in [0.717, 1.165) is 12.8 Å². The zero-order chi connectivity index (χ0) is 13.5. The Hall–Kier alpha value is -1.61. The first-order valence-corrected chi connectivity index (χ1v) is 6.19. The third-order valence-corrected chi connectivity index (χ3v) is 3.40. The Morgan fingerprint density at radius 3 is 2.83 bits per heavy atom. The maximum Gasteiger partial charge on any atom is 0.320 e. The van der Waals surface area contributed by atoms with Crippen LogP contribution in [0, 0.1) is 17.2 Å². The Morgan fingerprint density at radius 1 is 1.56 bits per heavy atom. The summed E-state index contributed by atoms with van der Waals surface area (Å²) in [5, 5.41) is 20.0. The fraction of sp³-hybridized carbons (Fsp3) is 0.750. The highest BCUT2D eigenvalue weighted by Crippen LogP contribution is 2.25. The molecule has 0 spiro atoms. The van der Waals surface area contributed by atoms with Gasteiger partial charge in [0.25, 0.3) is 0 Å². The van der Waals surface area contributed by atoms with E-state index in [9.17, 15) is 14.7 Å². The highest BCUT2D eigenvalue weighted by Gasteiger charge is 2.33. The van der Waals surface area contributed by atoms with Gasteiger partial charge in [-0.1, -0.05) is 13.3 Å². The van der Waals surface area contributed by atoms with Gasteiger partial charge in [0.2, 0.25) is 5.91 Å². The van der Waals surface area contributed by atoms with Gasteiger partial charge >= 0.3 is 5.97 Å². The Balaban J connectivity index is 2.55.